The summed E-state index contributed by atoms with van der Waals surface area (Å²) in [5, 5.41) is 7.23. The maximum absolute atomic E-state index is 12.7. The molecule has 1 saturated heterocycles. The third-order valence-electron chi connectivity index (χ3n) is 5.49. The Labute approximate surface area is 149 Å². The molecule has 1 saturated carbocycles. The predicted octanol–water partition coefficient (Wildman–Crippen LogP) is 3.05. The molecular formula is C16H28N4O2S2. The SMILES string of the molecule is CCn1c(C2CCN(S(=O)(=O)CC3CCCCC3)CC2)n[nH]c1=S. The second kappa shape index (κ2) is 7.66. The third kappa shape index (κ3) is 3.91. The zero-order chi connectivity index (χ0) is 17.2. The number of H-pyrrole nitrogens is 1. The minimum Gasteiger partial charge on any atom is -0.304 e. The Bertz CT molecular complexity index is 696. The quantitative estimate of drug-likeness (QED) is 0.807. The molecule has 136 valence electrons. The zero-order valence-electron chi connectivity index (χ0n) is 14.4. The number of aromatic amines is 1. The summed E-state index contributed by atoms with van der Waals surface area (Å²) < 4.78 is 29.8. The number of aromatic nitrogens is 3. The van der Waals surface area contributed by atoms with Gasteiger partial charge in [-0.15, -0.1) is 0 Å². The number of piperidine rings is 1. The average molecular weight is 373 g/mol. The molecular weight excluding hydrogens is 344 g/mol. The summed E-state index contributed by atoms with van der Waals surface area (Å²) in [4.78, 5) is 0. The Hall–Kier alpha value is -0.730. The molecule has 0 unspecified atom stereocenters. The van der Waals surface area contributed by atoms with Crippen LogP contribution in [0.3, 0.4) is 0 Å². The van der Waals surface area contributed by atoms with Gasteiger partial charge in [0.2, 0.25) is 10.0 Å². The molecule has 0 radical (unpaired) electrons. The highest BCUT2D eigenvalue weighted by atomic mass is 32.2. The largest absolute Gasteiger partial charge is 0.304 e. The lowest BCUT2D eigenvalue weighted by Crippen LogP contribution is -2.41. The van der Waals surface area contributed by atoms with Crippen LogP contribution in [0.15, 0.2) is 0 Å². The minimum absolute atomic E-state index is 0.291. The molecule has 8 heteroatoms. The highest BCUT2D eigenvalue weighted by Crippen LogP contribution is 2.30. The Morgan fingerprint density at radius 2 is 1.83 bits per heavy atom. The van der Waals surface area contributed by atoms with Crippen molar-refractivity contribution in [3.05, 3.63) is 10.6 Å². The van der Waals surface area contributed by atoms with E-state index in [-0.39, 0.29) is 0 Å². The molecule has 2 aliphatic rings. The van der Waals surface area contributed by atoms with Crippen LogP contribution in [0.2, 0.25) is 0 Å². The molecule has 1 aromatic heterocycles. The first kappa shape index (κ1) is 18.1. The lowest BCUT2D eigenvalue weighted by Gasteiger charge is -2.32. The maximum Gasteiger partial charge on any atom is 0.214 e. The van der Waals surface area contributed by atoms with Gasteiger partial charge in [0.1, 0.15) is 5.82 Å². The minimum atomic E-state index is -3.12. The fraction of sp³-hybridized carbons (Fsp3) is 0.875. The number of sulfonamides is 1. The van der Waals surface area contributed by atoms with E-state index >= 15 is 0 Å². The van der Waals surface area contributed by atoms with Crippen molar-refractivity contribution in [2.45, 2.75) is 64.3 Å². The predicted molar refractivity (Wildman–Crippen MR) is 97.0 cm³/mol. The number of nitrogens with one attached hydrogen (secondary N) is 1. The van der Waals surface area contributed by atoms with Crippen LogP contribution in [0, 0.1) is 10.7 Å². The van der Waals surface area contributed by atoms with Gasteiger partial charge in [-0.05, 0) is 50.7 Å². The summed E-state index contributed by atoms with van der Waals surface area (Å²) in [7, 11) is -3.12. The first-order chi connectivity index (χ1) is 11.5. The topological polar surface area (TPSA) is 71.0 Å². The van der Waals surface area contributed by atoms with Gasteiger partial charge < -0.3 is 4.57 Å². The van der Waals surface area contributed by atoms with Gasteiger partial charge in [0, 0.05) is 25.6 Å². The Kier molecular flexibility index (Phi) is 5.77. The first-order valence-corrected chi connectivity index (χ1v) is 11.2. The van der Waals surface area contributed by atoms with E-state index in [0.717, 1.165) is 38.1 Å². The van der Waals surface area contributed by atoms with Crippen LogP contribution in [-0.2, 0) is 16.6 Å². The van der Waals surface area contributed by atoms with Crippen LogP contribution >= 0.6 is 12.2 Å². The Morgan fingerprint density at radius 3 is 2.46 bits per heavy atom. The van der Waals surface area contributed by atoms with Gasteiger partial charge >= 0.3 is 0 Å². The van der Waals surface area contributed by atoms with Crippen LogP contribution in [0.5, 0.6) is 0 Å². The second-order valence-electron chi connectivity index (χ2n) is 7.09. The molecule has 1 aromatic rings. The molecule has 0 amide bonds. The van der Waals surface area contributed by atoms with Crippen LogP contribution in [-0.4, -0.2) is 46.3 Å². The monoisotopic (exact) mass is 372 g/mol. The molecule has 0 bridgehead atoms. The number of hydrogen-bond acceptors (Lipinski definition) is 4. The number of hydrogen-bond donors (Lipinski definition) is 1. The molecule has 0 aromatic carbocycles. The van der Waals surface area contributed by atoms with Crippen LogP contribution in [0.1, 0.15) is 63.6 Å². The van der Waals surface area contributed by atoms with E-state index in [9.17, 15) is 8.42 Å². The van der Waals surface area contributed by atoms with Gasteiger partial charge in [-0.25, -0.2) is 12.7 Å². The maximum atomic E-state index is 12.7. The highest BCUT2D eigenvalue weighted by molar-refractivity contribution is 7.89. The molecule has 0 spiro atoms. The van der Waals surface area contributed by atoms with Crippen LogP contribution in [0.4, 0.5) is 0 Å². The molecule has 2 fully saturated rings. The van der Waals surface area contributed by atoms with Crippen LogP contribution in [0.25, 0.3) is 0 Å². The summed E-state index contributed by atoms with van der Waals surface area (Å²) in [6.07, 6.45) is 7.41. The van der Waals surface area contributed by atoms with E-state index in [1.54, 1.807) is 4.31 Å². The molecule has 0 atom stereocenters. The Balaban J connectivity index is 1.60. The van der Waals surface area contributed by atoms with Crippen molar-refractivity contribution in [1.29, 1.82) is 0 Å². The van der Waals surface area contributed by atoms with Gasteiger partial charge in [0.25, 0.3) is 0 Å². The van der Waals surface area contributed by atoms with E-state index in [2.05, 4.69) is 17.1 Å². The van der Waals surface area contributed by atoms with Crippen molar-refractivity contribution < 1.29 is 8.42 Å². The lowest BCUT2D eigenvalue weighted by molar-refractivity contribution is 0.303. The fourth-order valence-corrected chi connectivity index (χ4v) is 6.27. The van der Waals surface area contributed by atoms with Crippen molar-refractivity contribution >= 4 is 22.2 Å². The average Bonchev–Trinajstić information content (AvgIpc) is 2.96. The van der Waals surface area contributed by atoms with Gasteiger partial charge in [0.05, 0.1) is 5.75 Å². The molecule has 1 aliphatic carbocycles. The molecule has 6 nitrogen and oxygen atoms in total. The van der Waals surface area contributed by atoms with Crippen molar-refractivity contribution in [2.24, 2.45) is 5.92 Å². The van der Waals surface area contributed by atoms with Crippen molar-refractivity contribution in [1.82, 2.24) is 19.1 Å². The van der Waals surface area contributed by atoms with Crippen molar-refractivity contribution in [3.8, 4) is 0 Å². The second-order valence-corrected chi connectivity index (χ2v) is 9.49. The molecule has 2 heterocycles. The van der Waals surface area contributed by atoms with E-state index in [4.69, 9.17) is 12.2 Å². The van der Waals surface area contributed by atoms with Gasteiger partial charge in [-0.3, -0.25) is 5.10 Å². The summed E-state index contributed by atoms with van der Waals surface area (Å²) in [5.41, 5.74) is 0. The summed E-state index contributed by atoms with van der Waals surface area (Å²) in [6.45, 7) is 4.05. The first-order valence-electron chi connectivity index (χ1n) is 9.14. The molecule has 24 heavy (non-hydrogen) atoms. The summed E-state index contributed by atoms with van der Waals surface area (Å²) >= 11 is 5.25. The van der Waals surface area contributed by atoms with E-state index < -0.39 is 10.0 Å². The third-order valence-corrected chi connectivity index (χ3v) is 7.84. The van der Waals surface area contributed by atoms with Gasteiger partial charge in [-0.2, -0.15) is 5.10 Å². The Morgan fingerprint density at radius 1 is 1.17 bits per heavy atom. The number of rotatable bonds is 5. The van der Waals surface area contributed by atoms with Gasteiger partial charge in [0.15, 0.2) is 4.77 Å². The lowest BCUT2D eigenvalue weighted by atomic mass is 9.91. The highest BCUT2D eigenvalue weighted by Gasteiger charge is 2.32. The van der Waals surface area contributed by atoms with E-state index in [1.165, 1.54) is 19.3 Å². The summed E-state index contributed by atoms with van der Waals surface area (Å²) in [5.74, 6) is 1.97. The van der Waals surface area contributed by atoms with Gasteiger partial charge in [-0.1, -0.05) is 19.3 Å². The van der Waals surface area contributed by atoms with Crippen molar-refractivity contribution in [2.75, 3.05) is 18.8 Å². The molecule has 1 N–H and O–H groups in total. The number of nitrogens with zero attached hydrogens (tertiary/aromatic N) is 3. The fourth-order valence-electron chi connectivity index (χ4n) is 4.10. The van der Waals surface area contributed by atoms with E-state index in [1.807, 2.05) is 4.57 Å². The zero-order valence-corrected chi connectivity index (χ0v) is 16.0. The standard InChI is InChI=1S/C16H28N4O2S2/c1-2-20-15(17-18-16(20)23)14-8-10-19(11-9-14)24(21,22)12-13-6-4-3-5-7-13/h13-14H,2-12H2,1H3,(H,18,23). The van der Waals surface area contributed by atoms with Crippen LogP contribution < -0.4 is 0 Å². The smallest absolute Gasteiger partial charge is 0.214 e. The van der Waals surface area contributed by atoms with Crippen molar-refractivity contribution in [3.63, 3.8) is 0 Å². The van der Waals surface area contributed by atoms with E-state index in [0.29, 0.717) is 35.4 Å². The summed E-state index contributed by atoms with van der Waals surface area (Å²) in [6, 6.07) is 0. The normalized spacial score (nSPS) is 22.0. The molecule has 1 aliphatic heterocycles. The molecule has 3 rings (SSSR count).